The number of nitrogens with zero attached hydrogens (tertiary/aromatic N) is 2. The number of halogens is 1. The molecule has 0 saturated heterocycles. The molecule has 1 aromatic rings. The fourth-order valence-corrected chi connectivity index (χ4v) is 0.663. The van der Waals surface area contributed by atoms with E-state index in [1.165, 1.54) is 12.4 Å². The molecule has 0 bridgehead atoms. The number of hydrogen-bond acceptors (Lipinski definition) is 2. The summed E-state index contributed by atoms with van der Waals surface area (Å²) >= 11 is 0. The summed E-state index contributed by atoms with van der Waals surface area (Å²) in [6.45, 7) is 3.92. The summed E-state index contributed by atoms with van der Waals surface area (Å²) in [7, 11) is 0. The normalized spacial score (nSPS) is 10.4. The quantitative estimate of drug-likeness (QED) is 0.555. The van der Waals surface area contributed by atoms with E-state index >= 15 is 0 Å². The van der Waals surface area contributed by atoms with Crippen LogP contribution in [0.5, 0.6) is 0 Å². The van der Waals surface area contributed by atoms with E-state index in [0.29, 0.717) is 0 Å². The van der Waals surface area contributed by atoms with Gasteiger partial charge in [-0.2, -0.15) is 4.39 Å². The van der Waals surface area contributed by atoms with Gasteiger partial charge in [0, 0.05) is 11.8 Å². The van der Waals surface area contributed by atoms with E-state index in [2.05, 4.69) is 9.97 Å². The Morgan fingerprint density at radius 2 is 2.10 bits per heavy atom. The average molecular weight is 140 g/mol. The van der Waals surface area contributed by atoms with Gasteiger partial charge in [0.15, 0.2) is 0 Å². The van der Waals surface area contributed by atoms with Crippen LogP contribution in [0.25, 0.3) is 0 Å². The molecule has 1 rings (SSSR count). The number of hydrogen-bond donors (Lipinski definition) is 0. The maximum Gasteiger partial charge on any atom is 0.216 e. The standard InChI is InChI=1S/C7H9FN2/c1-5(2)6-3-7(8)10-4-9-6/h3-5H,1-2H3. The minimum absolute atomic E-state index is 0.262. The van der Waals surface area contributed by atoms with Crippen molar-refractivity contribution in [3.63, 3.8) is 0 Å². The molecule has 0 atom stereocenters. The van der Waals surface area contributed by atoms with Gasteiger partial charge in [-0.1, -0.05) is 13.8 Å². The Labute approximate surface area is 59.1 Å². The maximum atomic E-state index is 12.4. The Kier molecular flexibility index (Phi) is 1.94. The lowest BCUT2D eigenvalue weighted by Crippen LogP contribution is -1.94. The lowest BCUT2D eigenvalue weighted by atomic mass is 10.1. The van der Waals surface area contributed by atoms with Crippen LogP contribution in [-0.2, 0) is 0 Å². The molecule has 0 N–H and O–H groups in total. The molecule has 0 spiro atoms. The van der Waals surface area contributed by atoms with Gasteiger partial charge in [0.25, 0.3) is 0 Å². The summed E-state index contributed by atoms with van der Waals surface area (Å²) in [5.41, 5.74) is 0.743. The van der Waals surface area contributed by atoms with Crippen LogP contribution in [0.1, 0.15) is 25.5 Å². The van der Waals surface area contributed by atoms with Crippen LogP contribution >= 0.6 is 0 Å². The molecule has 0 fully saturated rings. The molecule has 2 nitrogen and oxygen atoms in total. The molecule has 54 valence electrons. The smallest absolute Gasteiger partial charge is 0.216 e. The number of aromatic nitrogens is 2. The zero-order valence-corrected chi connectivity index (χ0v) is 6.00. The Balaban J connectivity index is 2.96. The monoisotopic (exact) mass is 140 g/mol. The number of rotatable bonds is 1. The van der Waals surface area contributed by atoms with Crippen molar-refractivity contribution in [1.82, 2.24) is 9.97 Å². The Morgan fingerprint density at radius 1 is 1.40 bits per heavy atom. The van der Waals surface area contributed by atoms with E-state index in [1.807, 2.05) is 13.8 Å². The Morgan fingerprint density at radius 3 is 2.50 bits per heavy atom. The third-order valence-electron chi connectivity index (χ3n) is 1.25. The van der Waals surface area contributed by atoms with E-state index < -0.39 is 5.95 Å². The first-order chi connectivity index (χ1) is 4.70. The van der Waals surface area contributed by atoms with Gasteiger partial charge in [-0.3, -0.25) is 0 Å². The van der Waals surface area contributed by atoms with Crippen molar-refractivity contribution >= 4 is 0 Å². The molecule has 0 radical (unpaired) electrons. The highest BCUT2D eigenvalue weighted by atomic mass is 19.1. The van der Waals surface area contributed by atoms with Crippen LogP contribution in [0, 0.1) is 5.95 Å². The zero-order chi connectivity index (χ0) is 7.56. The highest BCUT2D eigenvalue weighted by Gasteiger charge is 2.00. The second-order valence-electron chi connectivity index (χ2n) is 2.42. The van der Waals surface area contributed by atoms with Crippen molar-refractivity contribution in [2.75, 3.05) is 0 Å². The largest absolute Gasteiger partial charge is 0.241 e. The highest BCUT2D eigenvalue weighted by molar-refractivity contribution is 5.03. The Bertz CT molecular complexity index is 223. The molecular formula is C7H9FN2. The fourth-order valence-electron chi connectivity index (χ4n) is 0.663. The van der Waals surface area contributed by atoms with Crippen LogP contribution < -0.4 is 0 Å². The predicted molar refractivity (Wildman–Crippen MR) is 36.1 cm³/mol. The van der Waals surface area contributed by atoms with Crippen LogP contribution in [0.15, 0.2) is 12.4 Å². The van der Waals surface area contributed by atoms with Gasteiger partial charge in [0.05, 0.1) is 0 Å². The molecule has 0 aromatic carbocycles. The van der Waals surface area contributed by atoms with E-state index in [9.17, 15) is 4.39 Å². The molecule has 0 amide bonds. The maximum absolute atomic E-state index is 12.4. The van der Waals surface area contributed by atoms with E-state index in [0.717, 1.165) is 5.69 Å². The van der Waals surface area contributed by atoms with Crippen molar-refractivity contribution in [2.24, 2.45) is 0 Å². The van der Waals surface area contributed by atoms with Gasteiger partial charge >= 0.3 is 0 Å². The highest BCUT2D eigenvalue weighted by Crippen LogP contribution is 2.09. The van der Waals surface area contributed by atoms with Crippen molar-refractivity contribution < 1.29 is 4.39 Å². The lowest BCUT2D eigenvalue weighted by molar-refractivity contribution is 0.572. The molecule has 0 aliphatic heterocycles. The predicted octanol–water partition coefficient (Wildman–Crippen LogP) is 1.74. The summed E-state index contributed by atoms with van der Waals surface area (Å²) in [5, 5.41) is 0. The first-order valence-corrected chi connectivity index (χ1v) is 3.17. The van der Waals surface area contributed by atoms with Gasteiger partial charge in [0.2, 0.25) is 5.95 Å². The zero-order valence-electron chi connectivity index (χ0n) is 6.00. The third-order valence-corrected chi connectivity index (χ3v) is 1.25. The van der Waals surface area contributed by atoms with Gasteiger partial charge in [-0.05, 0) is 5.92 Å². The Hall–Kier alpha value is -0.990. The molecule has 0 saturated carbocycles. The van der Waals surface area contributed by atoms with E-state index in [-0.39, 0.29) is 5.92 Å². The van der Waals surface area contributed by atoms with Crippen molar-refractivity contribution in [2.45, 2.75) is 19.8 Å². The molecule has 0 aliphatic rings. The van der Waals surface area contributed by atoms with Gasteiger partial charge in [-0.15, -0.1) is 0 Å². The summed E-state index contributed by atoms with van der Waals surface area (Å²) < 4.78 is 12.4. The summed E-state index contributed by atoms with van der Waals surface area (Å²) in [6, 6.07) is 1.35. The molecule has 0 aliphatic carbocycles. The van der Waals surface area contributed by atoms with Crippen LogP contribution in [0.2, 0.25) is 0 Å². The summed E-state index contributed by atoms with van der Waals surface area (Å²) in [4.78, 5) is 7.23. The first kappa shape index (κ1) is 7.12. The second kappa shape index (κ2) is 2.73. The first-order valence-electron chi connectivity index (χ1n) is 3.17. The van der Waals surface area contributed by atoms with Gasteiger partial charge in [-0.25, -0.2) is 9.97 Å². The van der Waals surface area contributed by atoms with Crippen molar-refractivity contribution in [3.8, 4) is 0 Å². The third kappa shape index (κ3) is 1.50. The topological polar surface area (TPSA) is 25.8 Å². The molecule has 1 aromatic heterocycles. The molecule has 0 unspecified atom stereocenters. The minimum Gasteiger partial charge on any atom is -0.241 e. The summed E-state index contributed by atoms with van der Waals surface area (Å²) in [6.07, 6.45) is 1.24. The average Bonchev–Trinajstić information content (AvgIpc) is 1.88. The van der Waals surface area contributed by atoms with Crippen molar-refractivity contribution in [3.05, 3.63) is 24.0 Å². The second-order valence-corrected chi connectivity index (χ2v) is 2.42. The van der Waals surface area contributed by atoms with Gasteiger partial charge in [0.1, 0.15) is 6.33 Å². The van der Waals surface area contributed by atoms with Crippen LogP contribution in [-0.4, -0.2) is 9.97 Å². The van der Waals surface area contributed by atoms with Crippen LogP contribution in [0.4, 0.5) is 4.39 Å². The molecule has 10 heavy (non-hydrogen) atoms. The summed E-state index contributed by atoms with van der Waals surface area (Å²) in [5.74, 6) is -0.198. The van der Waals surface area contributed by atoms with E-state index in [4.69, 9.17) is 0 Å². The minimum atomic E-state index is -0.460. The molecule has 1 heterocycles. The fraction of sp³-hybridized carbons (Fsp3) is 0.429. The van der Waals surface area contributed by atoms with Crippen LogP contribution in [0.3, 0.4) is 0 Å². The van der Waals surface area contributed by atoms with Crippen molar-refractivity contribution in [1.29, 1.82) is 0 Å². The lowest BCUT2D eigenvalue weighted by Gasteiger charge is -2.00. The van der Waals surface area contributed by atoms with Gasteiger partial charge < -0.3 is 0 Å². The van der Waals surface area contributed by atoms with E-state index in [1.54, 1.807) is 0 Å². The SMILES string of the molecule is CC(C)c1cc(F)ncn1. The molecular weight excluding hydrogens is 131 g/mol. The molecule has 3 heteroatoms.